The summed E-state index contributed by atoms with van der Waals surface area (Å²) >= 11 is 1.57. The molecule has 76 valence electrons. The highest BCUT2D eigenvalue weighted by Gasteiger charge is 2.42. The maximum absolute atomic E-state index is 10.6. The normalized spacial score (nSPS) is 18.1. The van der Waals surface area contributed by atoms with Gasteiger partial charge in [-0.25, -0.2) is 4.98 Å². The first-order valence-corrected chi connectivity index (χ1v) is 5.51. The van der Waals surface area contributed by atoms with Crippen LogP contribution in [0.3, 0.4) is 0 Å². The van der Waals surface area contributed by atoms with Gasteiger partial charge in [-0.3, -0.25) is 4.79 Å². The Balaban J connectivity index is 2.25. The zero-order valence-corrected chi connectivity index (χ0v) is 9.15. The Morgan fingerprint density at radius 1 is 1.64 bits per heavy atom. The summed E-state index contributed by atoms with van der Waals surface area (Å²) in [5, 5.41) is 9.81. The fourth-order valence-electron chi connectivity index (χ4n) is 1.39. The molecular weight excluding hydrogens is 198 g/mol. The van der Waals surface area contributed by atoms with Gasteiger partial charge in [0.05, 0.1) is 17.1 Å². The predicted molar refractivity (Wildman–Crippen MR) is 54.8 cm³/mol. The number of aromatic nitrogens is 1. The Bertz CT molecular complexity index is 379. The van der Waals surface area contributed by atoms with E-state index in [1.807, 2.05) is 6.92 Å². The maximum atomic E-state index is 10.6. The number of hydrogen-bond donors (Lipinski definition) is 1. The third-order valence-corrected chi connectivity index (χ3v) is 4.18. The van der Waals surface area contributed by atoms with Crippen molar-refractivity contribution in [2.75, 3.05) is 0 Å². The van der Waals surface area contributed by atoms with E-state index in [2.05, 4.69) is 11.9 Å². The van der Waals surface area contributed by atoms with Crippen LogP contribution in [0.25, 0.3) is 0 Å². The van der Waals surface area contributed by atoms with Gasteiger partial charge in [-0.1, -0.05) is 6.92 Å². The molecule has 1 aliphatic carbocycles. The summed E-state index contributed by atoms with van der Waals surface area (Å²) < 4.78 is 0. The van der Waals surface area contributed by atoms with Gasteiger partial charge in [-0.15, -0.1) is 11.3 Å². The molecule has 1 aromatic heterocycles. The lowest BCUT2D eigenvalue weighted by Gasteiger charge is -2.00. The molecule has 14 heavy (non-hydrogen) atoms. The van der Waals surface area contributed by atoms with Gasteiger partial charge in [0.1, 0.15) is 0 Å². The topological polar surface area (TPSA) is 50.2 Å². The summed E-state index contributed by atoms with van der Waals surface area (Å²) in [7, 11) is 0. The highest BCUT2D eigenvalue weighted by Crippen LogP contribution is 2.49. The number of aliphatic carboxylic acids is 1. The first kappa shape index (κ1) is 9.65. The molecule has 0 bridgehead atoms. The fraction of sp³-hybridized carbons (Fsp3) is 0.600. The number of carboxylic acids is 1. The number of carbonyl (C=O) groups is 1. The zero-order chi connectivity index (χ0) is 10.3. The molecule has 1 saturated carbocycles. The number of rotatable bonds is 3. The lowest BCUT2D eigenvalue weighted by molar-refractivity contribution is -0.136. The predicted octanol–water partition coefficient (Wildman–Crippen LogP) is 2.13. The molecule has 0 unspecified atom stereocenters. The monoisotopic (exact) mass is 211 g/mol. The van der Waals surface area contributed by atoms with Gasteiger partial charge >= 0.3 is 5.97 Å². The third-order valence-electron chi connectivity index (χ3n) is 2.72. The fourth-order valence-corrected chi connectivity index (χ4v) is 2.64. The average molecular weight is 211 g/mol. The minimum absolute atomic E-state index is 0.111. The van der Waals surface area contributed by atoms with Crippen molar-refractivity contribution in [1.82, 2.24) is 4.98 Å². The van der Waals surface area contributed by atoms with E-state index >= 15 is 0 Å². The second kappa shape index (κ2) is 3.05. The van der Waals surface area contributed by atoms with Crippen molar-refractivity contribution in [1.29, 1.82) is 0 Å². The van der Waals surface area contributed by atoms with E-state index in [-0.39, 0.29) is 11.8 Å². The quantitative estimate of drug-likeness (QED) is 0.833. The zero-order valence-electron chi connectivity index (χ0n) is 8.33. The minimum atomic E-state index is -0.774. The molecule has 0 aromatic carbocycles. The van der Waals surface area contributed by atoms with Crippen LogP contribution in [-0.2, 0) is 16.6 Å². The molecule has 1 N–H and O–H groups in total. The Morgan fingerprint density at radius 3 is 2.79 bits per heavy atom. The molecule has 1 aliphatic rings. The van der Waals surface area contributed by atoms with Crippen molar-refractivity contribution in [3.8, 4) is 0 Å². The highest BCUT2D eigenvalue weighted by atomic mass is 32.1. The van der Waals surface area contributed by atoms with Crippen molar-refractivity contribution < 1.29 is 9.90 Å². The van der Waals surface area contributed by atoms with Crippen molar-refractivity contribution in [2.45, 2.75) is 38.5 Å². The van der Waals surface area contributed by atoms with Crippen LogP contribution < -0.4 is 0 Å². The first-order chi connectivity index (χ1) is 6.51. The van der Waals surface area contributed by atoms with Crippen LogP contribution in [-0.4, -0.2) is 16.1 Å². The number of nitrogens with zero attached hydrogens (tertiary/aromatic N) is 1. The summed E-state index contributed by atoms with van der Waals surface area (Å²) in [5.74, 6) is -0.774. The van der Waals surface area contributed by atoms with E-state index in [9.17, 15) is 4.79 Å². The Kier molecular flexibility index (Phi) is 2.10. The number of thiazole rings is 1. The Hall–Kier alpha value is -0.900. The smallest absolute Gasteiger partial charge is 0.308 e. The summed E-state index contributed by atoms with van der Waals surface area (Å²) in [6.45, 7) is 4.08. The van der Waals surface area contributed by atoms with Crippen molar-refractivity contribution in [3.05, 3.63) is 15.6 Å². The van der Waals surface area contributed by atoms with Gasteiger partial charge < -0.3 is 5.11 Å². The molecular formula is C10H13NO2S. The van der Waals surface area contributed by atoms with E-state index in [1.54, 1.807) is 11.3 Å². The summed E-state index contributed by atoms with van der Waals surface area (Å²) in [5.41, 5.74) is 1.15. The lowest BCUT2D eigenvalue weighted by atomic mass is 10.2. The van der Waals surface area contributed by atoms with Gasteiger partial charge in [-0.05, 0) is 19.8 Å². The van der Waals surface area contributed by atoms with E-state index in [4.69, 9.17) is 5.11 Å². The number of carboxylic acid groups (broad SMARTS) is 1. The molecule has 1 aromatic rings. The van der Waals surface area contributed by atoms with Crippen LogP contribution in [0.4, 0.5) is 0 Å². The minimum Gasteiger partial charge on any atom is -0.481 e. The lowest BCUT2D eigenvalue weighted by Crippen LogP contribution is -1.99. The molecule has 0 amide bonds. The summed E-state index contributed by atoms with van der Waals surface area (Å²) in [4.78, 5) is 15.9. The molecule has 0 aliphatic heterocycles. The summed E-state index contributed by atoms with van der Waals surface area (Å²) in [6, 6.07) is 0. The first-order valence-electron chi connectivity index (χ1n) is 4.70. The Morgan fingerprint density at radius 2 is 2.29 bits per heavy atom. The molecule has 4 heteroatoms. The van der Waals surface area contributed by atoms with E-state index in [0.29, 0.717) is 0 Å². The molecule has 1 heterocycles. The number of aryl methyl sites for hydroxylation is 1. The molecule has 1 fully saturated rings. The van der Waals surface area contributed by atoms with E-state index in [1.165, 1.54) is 12.8 Å². The van der Waals surface area contributed by atoms with Gasteiger partial charge in [0.2, 0.25) is 0 Å². The van der Waals surface area contributed by atoms with E-state index in [0.717, 1.165) is 15.6 Å². The molecule has 0 atom stereocenters. The van der Waals surface area contributed by atoms with Gasteiger partial charge in [0, 0.05) is 10.3 Å². The van der Waals surface area contributed by atoms with Crippen molar-refractivity contribution in [3.63, 3.8) is 0 Å². The van der Waals surface area contributed by atoms with Crippen LogP contribution in [0.15, 0.2) is 0 Å². The number of hydrogen-bond acceptors (Lipinski definition) is 3. The van der Waals surface area contributed by atoms with Gasteiger partial charge in [-0.2, -0.15) is 0 Å². The average Bonchev–Trinajstić information content (AvgIpc) is 2.71. The third kappa shape index (κ3) is 1.66. The second-order valence-electron chi connectivity index (χ2n) is 4.16. The SMILES string of the molecule is Cc1nc(C2(C)CC2)sc1CC(=O)O. The molecule has 2 rings (SSSR count). The molecule has 0 spiro atoms. The van der Waals surface area contributed by atoms with Gasteiger partial charge in [0.15, 0.2) is 0 Å². The van der Waals surface area contributed by atoms with Crippen molar-refractivity contribution >= 4 is 17.3 Å². The van der Waals surface area contributed by atoms with Crippen LogP contribution >= 0.6 is 11.3 Å². The van der Waals surface area contributed by atoms with Crippen molar-refractivity contribution in [2.24, 2.45) is 0 Å². The van der Waals surface area contributed by atoms with Gasteiger partial charge in [0.25, 0.3) is 0 Å². The summed E-state index contributed by atoms with van der Waals surface area (Å²) in [6.07, 6.45) is 2.48. The maximum Gasteiger partial charge on any atom is 0.308 e. The van der Waals surface area contributed by atoms with Crippen LogP contribution in [0.2, 0.25) is 0 Å². The van der Waals surface area contributed by atoms with Crippen LogP contribution in [0.1, 0.15) is 35.3 Å². The molecule has 0 saturated heterocycles. The van der Waals surface area contributed by atoms with E-state index < -0.39 is 5.97 Å². The second-order valence-corrected chi connectivity index (χ2v) is 5.24. The highest BCUT2D eigenvalue weighted by molar-refractivity contribution is 7.12. The van der Waals surface area contributed by atoms with Crippen LogP contribution in [0.5, 0.6) is 0 Å². The largest absolute Gasteiger partial charge is 0.481 e. The molecule has 3 nitrogen and oxygen atoms in total. The standard InChI is InChI=1S/C10H13NO2S/c1-6-7(5-8(12)13)14-9(11-6)10(2)3-4-10/h3-5H2,1-2H3,(H,12,13). The molecule has 0 radical (unpaired) electrons. The Labute approximate surface area is 86.8 Å². The van der Waals surface area contributed by atoms with Crippen LogP contribution in [0, 0.1) is 6.92 Å².